The number of hydrogen-bond acceptors (Lipinski definition) is 4. The lowest BCUT2D eigenvalue weighted by atomic mass is 10.1. The lowest BCUT2D eigenvalue weighted by Gasteiger charge is -2.36. The first-order chi connectivity index (χ1) is 14.5. The summed E-state index contributed by atoms with van der Waals surface area (Å²) >= 11 is 6.41. The summed E-state index contributed by atoms with van der Waals surface area (Å²) < 4.78 is 1.30. The summed E-state index contributed by atoms with van der Waals surface area (Å²) in [5.41, 5.74) is 3.11. The molecule has 30 heavy (non-hydrogen) atoms. The molecule has 0 atom stereocenters. The first-order valence-corrected chi connectivity index (χ1v) is 10.3. The first-order valence-electron chi connectivity index (χ1n) is 9.95. The molecule has 1 aromatic heterocycles. The van der Waals surface area contributed by atoms with Gasteiger partial charge in [-0.2, -0.15) is 9.78 Å². The molecular formula is C23H23ClN4O2. The second-order valence-electron chi connectivity index (χ2n) is 7.37. The van der Waals surface area contributed by atoms with Crippen LogP contribution in [0.15, 0.2) is 65.6 Å². The van der Waals surface area contributed by atoms with Crippen LogP contribution in [-0.2, 0) is 11.2 Å². The van der Waals surface area contributed by atoms with Crippen LogP contribution >= 0.6 is 11.6 Å². The van der Waals surface area contributed by atoms with Crippen molar-refractivity contribution in [3.8, 4) is 5.69 Å². The van der Waals surface area contributed by atoms with Crippen LogP contribution in [0.2, 0.25) is 5.02 Å². The Morgan fingerprint density at radius 1 is 1.00 bits per heavy atom. The minimum absolute atomic E-state index is 0.118. The number of halogens is 1. The number of aromatic nitrogens is 2. The molecule has 0 bridgehead atoms. The highest BCUT2D eigenvalue weighted by Crippen LogP contribution is 2.23. The Kier molecular flexibility index (Phi) is 5.86. The van der Waals surface area contributed by atoms with Gasteiger partial charge in [0.25, 0.3) is 5.56 Å². The summed E-state index contributed by atoms with van der Waals surface area (Å²) in [4.78, 5) is 29.3. The third-order valence-corrected chi connectivity index (χ3v) is 5.83. The van der Waals surface area contributed by atoms with E-state index in [9.17, 15) is 9.59 Å². The first kappa shape index (κ1) is 20.2. The zero-order chi connectivity index (χ0) is 21.1. The Hall–Kier alpha value is -3.12. The van der Waals surface area contributed by atoms with Crippen molar-refractivity contribution in [2.75, 3.05) is 31.1 Å². The number of piperazine rings is 1. The van der Waals surface area contributed by atoms with E-state index in [0.717, 1.165) is 11.1 Å². The van der Waals surface area contributed by atoms with Crippen molar-refractivity contribution >= 4 is 23.2 Å². The molecule has 1 aliphatic heterocycles. The minimum atomic E-state index is -0.349. The van der Waals surface area contributed by atoms with Gasteiger partial charge < -0.3 is 9.80 Å². The average Bonchev–Trinajstić information content (AvgIpc) is 2.78. The molecule has 1 fully saturated rings. The smallest absolute Gasteiger partial charge is 0.292 e. The van der Waals surface area contributed by atoms with Crippen LogP contribution in [0.25, 0.3) is 5.69 Å². The molecule has 0 aliphatic carbocycles. The SMILES string of the molecule is Cc1ccccc1CC(=O)N1CCN(c2cnn(-c3ccccc3)c(=O)c2Cl)CC1. The molecule has 154 valence electrons. The Bertz CT molecular complexity index is 1110. The molecule has 2 aromatic carbocycles. The number of aryl methyl sites for hydroxylation is 1. The van der Waals surface area contributed by atoms with Gasteiger partial charge in [0.15, 0.2) is 0 Å². The van der Waals surface area contributed by atoms with Crippen molar-refractivity contribution in [2.24, 2.45) is 0 Å². The van der Waals surface area contributed by atoms with Crippen LogP contribution in [-0.4, -0.2) is 46.8 Å². The molecule has 6 nitrogen and oxygen atoms in total. The molecule has 1 aliphatic rings. The molecule has 0 unspecified atom stereocenters. The van der Waals surface area contributed by atoms with Gasteiger partial charge in [0.2, 0.25) is 5.91 Å². The lowest BCUT2D eigenvalue weighted by molar-refractivity contribution is -0.130. The Labute approximate surface area is 180 Å². The van der Waals surface area contributed by atoms with Crippen molar-refractivity contribution in [2.45, 2.75) is 13.3 Å². The normalized spacial score (nSPS) is 14.1. The highest BCUT2D eigenvalue weighted by atomic mass is 35.5. The average molecular weight is 423 g/mol. The monoisotopic (exact) mass is 422 g/mol. The van der Waals surface area contributed by atoms with Crippen LogP contribution in [0.4, 0.5) is 5.69 Å². The van der Waals surface area contributed by atoms with Gasteiger partial charge in [-0.3, -0.25) is 9.59 Å². The third-order valence-electron chi connectivity index (χ3n) is 5.48. The van der Waals surface area contributed by atoms with Crippen molar-refractivity contribution in [1.29, 1.82) is 0 Å². The van der Waals surface area contributed by atoms with Gasteiger partial charge in [-0.1, -0.05) is 54.1 Å². The van der Waals surface area contributed by atoms with Crippen LogP contribution in [0.5, 0.6) is 0 Å². The molecular weight excluding hydrogens is 400 g/mol. The molecule has 0 spiro atoms. The minimum Gasteiger partial charge on any atom is -0.365 e. The molecule has 4 rings (SSSR count). The summed E-state index contributed by atoms with van der Waals surface area (Å²) in [6.45, 7) is 4.41. The molecule has 1 amide bonds. The molecule has 1 saturated heterocycles. The third kappa shape index (κ3) is 4.09. The molecule has 0 N–H and O–H groups in total. The van der Waals surface area contributed by atoms with Gasteiger partial charge in [-0.15, -0.1) is 0 Å². The fraction of sp³-hybridized carbons (Fsp3) is 0.261. The highest BCUT2D eigenvalue weighted by Gasteiger charge is 2.24. The zero-order valence-electron chi connectivity index (χ0n) is 16.8. The van der Waals surface area contributed by atoms with E-state index in [-0.39, 0.29) is 16.5 Å². The summed E-state index contributed by atoms with van der Waals surface area (Å²) in [7, 11) is 0. The maximum Gasteiger partial charge on any atom is 0.292 e. The Balaban J connectivity index is 1.44. The van der Waals surface area contributed by atoms with Gasteiger partial charge in [0.1, 0.15) is 5.02 Å². The Morgan fingerprint density at radius 2 is 1.67 bits per heavy atom. The fourth-order valence-electron chi connectivity index (χ4n) is 3.68. The van der Waals surface area contributed by atoms with Crippen LogP contribution in [0.1, 0.15) is 11.1 Å². The van der Waals surface area contributed by atoms with E-state index in [1.165, 1.54) is 4.68 Å². The highest BCUT2D eigenvalue weighted by molar-refractivity contribution is 6.33. The second kappa shape index (κ2) is 8.71. The summed E-state index contributed by atoms with van der Waals surface area (Å²) in [6, 6.07) is 17.1. The molecule has 0 radical (unpaired) electrons. The van der Waals surface area contributed by atoms with E-state index in [2.05, 4.69) is 5.10 Å². The van der Waals surface area contributed by atoms with Crippen LogP contribution in [0, 0.1) is 6.92 Å². The predicted octanol–water partition coefficient (Wildman–Crippen LogP) is 3.09. The van der Waals surface area contributed by atoms with Gasteiger partial charge in [-0.05, 0) is 30.2 Å². The van der Waals surface area contributed by atoms with Crippen molar-refractivity contribution in [1.82, 2.24) is 14.7 Å². The Morgan fingerprint density at radius 3 is 2.37 bits per heavy atom. The summed E-state index contributed by atoms with van der Waals surface area (Å²) in [5, 5.41) is 4.45. The largest absolute Gasteiger partial charge is 0.365 e. The van der Waals surface area contributed by atoms with Gasteiger partial charge in [0, 0.05) is 26.2 Å². The number of carbonyl (C=O) groups excluding carboxylic acids is 1. The lowest BCUT2D eigenvalue weighted by Crippen LogP contribution is -2.49. The van der Waals surface area contributed by atoms with Crippen molar-refractivity contribution in [3.63, 3.8) is 0 Å². The molecule has 0 saturated carbocycles. The maximum absolute atomic E-state index is 12.7. The predicted molar refractivity (Wildman–Crippen MR) is 119 cm³/mol. The standard InChI is InChI=1S/C23H23ClN4O2/c1-17-7-5-6-8-18(17)15-21(29)27-13-11-26(12-14-27)20-16-25-28(23(30)22(20)24)19-9-3-2-4-10-19/h2-10,16H,11-15H2,1H3. The quantitative estimate of drug-likeness (QED) is 0.648. The second-order valence-corrected chi connectivity index (χ2v) is 7.75. The number of rotatable bonds is 4. The molecule has 2 heterocycles. The van der Waals surface area contributed by atoms with E-state index in [1.54, 1.807) is 6.20 Å². The van der Waals surface area contributed by atoms with Gasteiger partial charge in [-0.25, -0.2) is 0 Å². The van der Waals surface area contributed by atoms with Crippen molar-refractivity contribution < 1.29 is 4.79 Å². The number of benzene rings is 2. The molecule has 7 heteroatoms. The van der Waals surface area contributed by atoms with Crippen molar-refractivity contribution in [3.05, 3.63) is 87.3 Å². The van der Waals surface area contributed by atoms with Gasteiger partial charge >= 0.3 is 0 Å². The number of nitrogens with zero attached hydrogens (tertiary/aromatic N) is 4. The van der Waals surface area contributed by atoms with E-state index in [4.69, 9.17) is 11.6 Å². The van der Waals surface area contributed by atoms with E-state index in [1.807, 2.05) is 71.3 Å². The van der Waals surface area contributed by atoms with E-state index < -0.39 is 0 Å². The number of para-hydroxylation sites is 1. The number of anilines is 1. The van der Waals surface area contributed by atoms with E-state index in [0.29, 0.717) is 44.0 Å². The van der Waals surface area contributed by atoms with Gasteiger partial charge in [0.05, 0.1) is 24.0 Å². The maximum atomic E-state index is 12.7. The zero-order valence-corrected chi connectivity index (χ0v) is 17.5. The van der Waals surface area contributed by atoms with Crippen LogP contribution < -0.4 is 10.5 Å². The fourth-order valence-corrected chi connectivity index (χ4v) is 3.93. The topological polar surface area (TPSA) is 58.4 Å². The number of hydrogen-bond donors (Lipinski definition) is 0. The summed E-state index contributed by atoms with van der Waals surface area (Å²) in [6.07, 6.45) is 2.03. The van der Waals surface area contributed by atoms with E-state index >= 15 is 0 Å². The molecule has 3 aromatic rings. The summed E-state index contributed by atoms with van der Waals surface area (Å²) in [5.74, 6) is 0.118. The van der Waals surface area contributed by atoms with Crippen LogP contribution in [0.3, 0.4) is 0 Å². The number of carbonyl (C=O) groups is 1. The number of amides is 1.